The van der Waals surface area contributed by atoms with Gasteiger partial charge in [-0.1, -0.05) is 88.6 Å². The van der Waals surface area contributed by atoms with Crippen LogP contribution in [-0.4, -0.2) is 91.8 Å². The van der Waals surface area contributed by atoms with Crippen molar-refractivity contribution in [3.05, 3.63) is 67.6 Å². The fourth-order valence-corrected chi connectivity index (χ4v) is 5.93. The van der Waals surface area contributed by atoms with Gasteiger partial charge in [0, 0.05) is 47.0 Å². The zero-order valence-corrected chi connectivity index (χ0v) is 31.8. The van der Waals surface area contributed by atoms with E-state index in [-0.39, 0.29) is 50.6 Å². The molecule has 2 N–H and O–H groups in total. The van der Waals surface area contributed by atoms with Crippen molar-refractivity contribution in [2.75, 3.05) is 33.4 Å². The summed E-state index contributed by atoms with van der Waals surface area (Å²) in [6, 6.07) is 10.5. The van der Waals surface area contributed by atoms with E-state index < -0.39 is 35.8 Å². The largest absolute Gasteiger partial charge is 0.385 e. The van der Waals surface area contributed by atoms with Gasteiger partial charge >= 0.3 is 0 Å². The molecule has 255 valence electrons. The van der Waals surface area contributed by atoms with Crippen molar-refractivity contribution in [1.29, 1.82) is 0 Å². The molecule has 0 amide bonds. The van der Waals surface area contributed by atoms with E-state index in [4.69, 9.17) is 79.6 Å². The molecule has 9 nitrogen and oxygen atoms in total. The molecule has 10 atom stereocenters. The molecule has 15 heteroatoms. The number of hydrogen-bond acceptors (Lipinski definition) is 9. The zero-order chi connectivity index (χ0) is 32.3. The Balaban J connectivity index is 0.000000409. The van der Waals surface area contributed by atoms with Crippen LogP contribution in [0.2, 0.25) is 20.1 Å². The summed E-state index contributed by atoms with van der Waals surface area (Å²) in [6.07, 6.45) is -4.65. The number of fused-ring (bicyclic) bond motifs is 1. The van der Waals surface area contributed by atoms with Gasteiger partial charge in [0.2, 0.25) is 0 Å². The molecule has 0 aliphatic carbocycles. The maximum absolute atomic E-state index is 10.1. The van der Waals surface area contributed by atoms with Crippen LogP contribution in [-0.2, 0) is 51.7 Å². The normalized spacial score (nSPS) is 32.4. The Morgan fingerprint density at radius 3 is 1.51 bits per heavy atom. The van der Waals surface area contributed by atoms with E-state index in [0.29, 0.717) is 25.7 Å². The SMILES string of the molecule is C.CI.CO[C@H](c1ccc(Cl)c(Cl)c1)[C@H]1OC(O)[C@H](O)[C@]1(C)OC.CO[C@H](c1ccc(Cl)c(Cl)c1)[C@H]1O[C@@H]2O[C@@H]2[C@]1(C)OC.[V]. The molecular formula is C30H41Cl4IO9V. The maximum atomic E-state index is 10.1. The van der Waals surface area contributed by atoms with Gasteiger partial charge < -0.3 is 43.4 Å². The Bertz CT molecular complexity index is 1240. The molecule has 45 heavy (non-hydrogen) atoms. The Morgan fingerprint density at radius 2 is 1.13 bits per heavy atom. The number of halogens is 5. The summed E-state index contributed by atoms with van der Waals surface area (Å²) in [4.78, 5) is 1.97. The molecule has 3 aliphatic heterocycles. The van der Waals surface area contributed by atoms with Gasteiger partial charge in [-0.25, -0.2) is 0 Å². The second kappa shape index (κ2) is 18.5. The molecule has 2 aromatic carbocycles. The van der Waals surface area contributed by atoms with Gasteiger partial charge in [-0.05, 0) is 54.2 Å². The number of hydrogen-bond donors (Lipinski definition) is 2. The third-order valence-corrected chi connectivity index (χ3v) is 9.53. The number of alkyl halides is 1. The average molecular weight is 865 g/mol. The Kier molecular flexibility index (Phi) is 17.9. The zero-order valence-electron chi connectivity index (χ0n) is 25.2. The number of methoxy groups -OCH3 is 4. The van der Waals surface area contributed by atoms with Crippen molar-refractivity contribution in [3.8, 4) is 0 Å². The van der Waals surface area contributed by atoms with Crippen molar-refractivity contribution in [1.82, 2.24) is 0 Å². The van der Waals surface area contributed by atoms with E-state index in [1.807, 2.05) is 17.9 Å². The second-order valence-corrected chi connectivity index (χ2v) is 11.9. The van der Waals surface area contributed by atoms with Crippen LogP contribution in [0.3, 0.4) is 0 Å². The van der Waals surface area contributed by atoms with E-state index in [2.05, 4.69) is 22.6 Å². The van der Waals surface area contributed by atoms with E-state index >= 15 is 0 Å². The van der Waals surface area contributed by atoms with Crippen LogP contribution in [0.15, 0.2) is 36.4 Å². The van der Waals surface area contributed by atoms with Crippen molar-refractivity contribution in [3.63, 3.8) is 0 Å². The standard InChI is InChI=1S/C14H18Cl2O5.C14H16Cl2O4.CH3I.CH4.V/c1-14(20-3)11(17)13(18)21-12(14)10(19-2)7-4-5-8(15)9(16)6-7;1-14(18-3)11(19-13-12(14)20-13)10(17-2)7-4-5-8(15)9(16)6-7;1-2;;/h4-6,10-13,17-18H,1-3H3;4-6,10-13H,1-3H3;1H3;1H4;/t10-,11+,12-,13?,14+;10-,11-,12+,13-,14-;;;/m11.../s1. The summed E-state index contributed by atoms with van der Waals surface area (Å²) < 4.78 is 38.8. The first kappa shape index (κ1) is 43.6. The Labute approximate surface area is 311 Å². The molecule has 0 aromatic heterocycles. The van der Waals surface area contributed by atoms with Crippen LogP contribution >= 0.6 is 69.0 Å². The van der Waals surface area contributed by atoms with E-state index in [9.17, 15) is 10.2 Å². The molecule has 3 heterocycles. The van der Waals surface area contributed by atoms with Crippen LogP contribution < -0.4 is 0 Å². The smallest absolute Gasteiger partial charge is 0.188 e. The van der Waals surface area contributed by atoms with Gasteiger partial charge in [0.05, 0.1) is 20.1 Å². The number of rotatable bonds is 8. The predicted molar refractivity (Wildman–Crippen MR) is 180 cm³/mol. The summed E-state index contributed by atoms with van der Waals surface area (Å²) in [6.45, 7) is 3.63. The first-order valence-electron chi connectivity index (χ1n) is 13.1. The summed E-state index contributed by atoms with van der Waals surface area (Å²) >= 11 is 26.1. The van der Waals surface area contributed by atoms with Gasteiger partial charge in [0.1, 0.15) is 47.8 Å². The molecule has 0 bridgehead atoms. The summed E-state index contributed by atoms with van der Waals surface area (Å²) in [5.74, 6) is 0. The van der Waals surface area contributed by atoms with Crippen molar-refractivity contribution >= 4 is 69.0 Å². The second-order valence-electron chi connectivity index (χ2n) is 10.3. The number of ether oxygens (including phenoxy) is 7. The molecule has 3 aliphatic rings. The molecule has 3 saturated heterocycles. The van der Waals surface area contributed by atoms with E-state index in [1.165, 1.54) is 14.2 Å². The van der Waals surface area contributed by atoms with Crippen LogP contribution in [0, 0.1) is 0 Å². The van der Waals surface area contributed by atoms with Gasteiger partial charge in [0.15, 0.2) is 12.6 Å². The fraction of sp³-hybridized carbons (Fsp3) is 0.600. The minimum atomic E-state index is -1.35. The molecule has 5 rings (SSSR count). The van der Waals surface area contributed by atoms with Crippen LogP contribution in [0.25, 0.3) is 0 Å². The number of aliphatic hydroxyl groups is 2. The molecule has 0 spiro atoms. The van der Waals surface area contributed by atoms with Crippen LogP contribution in [0.5, 0.6) is 0 Å². The topological polar surface area (TPSA) is 108 Å². The summed E-state index contributed by atoms with van der Waals surface area (Å²) in [5.41, 5.74) is -0.0538. The first-order valence-corrected chi connectivity index (χ1v) is 16.8. The van der Waals surface area contributed by atoms with Crippen molar-refractivity contribution < 1.29 is 61.9 Å². The Hall–Kier alpha value is 0.554. The van der Waals surface area contributed by atoms with Crippen LogP contribution in [0.4, 0.5) is 0 Å². The van der Waals surface area contributed by atoms with Gasteiger partial charge in [0.25, 0.3) is 0 Å². The van der Waals surface area contributed by atoms with Gasteiger partial charge in [-0.2, -0.15) is 0 Å². The molecule has 2 aromatic rings. The third kappa shape index (κ3) is 9.02. The average Bonchev–Trinajstić information content (AvgIpc) is 3.69. The summed E-state index contributed by atoms with van der Waals surface area (Å²) in [5, 5.41) is 21.7. The van der Waals surface area contributed by atoms with E-state index in [1.54, 1.807) is 51.5 Å². The van der Waals surface area contributed by atoms with Gasteiger partial charge in [-0.3, -0.25) is 0 Å². The Morgan fingerprint density at radius 1 is 0.711 bits per heavy atom. The molecule has 3 fully saturated rings. The first-order chi connectivity index (χ1) is 20.4. The van der Waals surface area contributed by atoms with E-state index in [0.717, 1.165) is 5.56 Å². The molecule has 0 saturated carbocycles. The number of aliphatic hydroxyl groups excluding tert-OH is 2. The monoisotopic (exact) mass is 863 g/mol. The minimum Gasteiger partial charge on any atom is -0.385 e. The molecular weight excluding hydrogens is 824 g/mol. The van der Waals surface area contributed by atoms with Crippen LogP contribution in [0.1, 0.15) is 44.6 Å². The predicted octanol–water partition coefficient (Wildman–Crippen LogP) is 7.06. The maximum Gasteiger partial charge on any atom is 0.188 e. The van der Waals surface area contributed by atoms with Crippen molar-refractivity contribution in [2.24, 2.45) is 0 Å². The van der Waals surface area contributed by atoms with Crippen molar-refractivity contribution in [2.45, 2.75) is 81.7 Å². The molecule has 1 radical (unpaired) electrons. The molecule has 1 unspecified atom stereocenters. The fourth-order valence-electron chi connectivity index (χ4n) is 5.32. The third-order valence-electron chi connectivity index (χ3n) is 8.05. The number of epoxide rings is 1. The van der Waals surface area contributed by atoms with Gasteiger partial charge in [-0.15, -0.1) is 0 Å². The summed E-state index contributed by atoms with van der Waals surface area (Å²) in [7, 11) is 6.24. The quantitative estimate of drug-likeness (QED) is 0.164. The minimum absolute atomic E-state index is 0. The number of benzene rings is 2.